The Morgan fingerprint density at radius 3 is 2.31 bits per heavy atom. The molecule has 0 saturated carbocycles. The second kappa shape index (κ2) is 12.4. The fourth-order valence-corrected chi connectivity index (χ4v) is 2.68. The van der Waals surface area contributed by atoms with Gasteiger partial charge in [-0.3, -0.25) is 4.79 Å². The Kier molecular flexibility index (Phi) is 10.6. The fraction of sp³-hybridized carbons (Fsp3) is 0.364. The fourth-order valence-electron chi connectivity index (χ4n) is 2.68. The molecule has 0 fully saturated rings. The molecule has 2 aromatic rings. The number of carbonyl (C=O) groups excluding carboxylic acids is 1. The predicted molar refractivity (Wildman–Crippen MR) is 127 cm³/mol. The van der Waals surface area contributed by atoms with E-state index >= 15 is 0 Å². The highest BCUT2D eigenvalue weighted by atomic mass is 127. The Labute approximate surface area is 189 Å². The second-order valence-electron chi connectivity index (χ2n) is 6.63. The highest BCUT2D eigenvalue weighted by Crippen LogP contribution is 2.16. The van der Waals surface area contributed by atoms with Gasteiger partial charge < -0.3 is 16.0 Å². The van der Waals surface area contributed by atoms with Crippen LogP contribution in [-0.2, 0) is 6.54 Å². The number of nitrogens with zero attached hydrogens (tertiary/aromatic N) is 1. The molecule has 0 aliphatic heterocycles. The minimum Gasteiger partial charge on any atom is -0.357 e. The first-order chi connectivity index (χ1) is 13.4. The van der Waals surface area contributed by atoms with E-state index in [0.717, 1.165) is 17.7 Å². The lowest BCUT2D eigenvalue weighted by Crippen LogP contribution is -2.38. The largest absolute Gasteiger partial charge is 0.357 e. The number of benzene rings is 2. The Bertz CT molecular complexity index is 824. The van der Waals surface area contributed by atoms with Crippen molar-refractivity contribution in [2.24, 2.45) is 4.99 Å². The molecule has 0 aliphatic carbocycles. The van der Waals surface area contributed by atoms with Crippen LogP contribution < -0.4 is 16.0 Å². The van der Waals surface area contributed by atoms with Crippen molar-refractivity contribution in [2.45, 2.75) is 40.3 Å². The molecule has 1 atom stereocenters. The SMILES string of the molecule is CCNC(=O)c1ccc(CN=C(NCC)NC(C)c2ccc(C)c(F)c2)cc1.I. The van der Waals surface area contributed by atoms with Crippen LogP contribution in [0.5, 0.6) is 0 Å². The summed E-state index contributed by atoms with van der Waals surface area (Å²) in [7, 11) is 0. The summed E-state index contributed by atoms with van der Waals surface area (Å²) < 4.78 is 13.8. The lowest BCUT2D eigenvalue weighted by atomic mass is 10.1. The zero-order valence-electron chi connectivity index (χ0n) is 17.4. The first-order valence-corrected chi connectivity index (χ1v) is 9.62. The topological polar surface area (TPSA) is 65.5 Å². The zero-order chi connectivity index (χ0) is 20.5. The highest BCUT2D eigenvalue weighted by molar-refractivity contribution is 14.0. The van der Waals surface area contributed by atoms with E-state index < -0.39 is 0 Å². The molecule has 0 spiro atoms. The van der Waals surface area contributed by atoms with Crippen LogP contribution in [0.15, 0.2) is 47.5 Å². The van der Waals surface area contributed by atoms with Crippen LogP contribution in [0, 0.1) is 12.7 Å². The van der Waals surface area contributed by atoms with E-state index in [2.05, 4.69) is 20.9 Å². The number of hydrogen-bond donors (Lipinski definition) is 3. The van der Waals surface area contributed by atoms with Crippen LogP contribution in [0.25, 0.3) is 0 Å². The van der Waals surface area contributed by atoms with Gasteiger partial charge in [0.05, 0.1) is 12.6 Å². The van der Waals surface area contributed by atoms with E-state index in [1.807, 2.05) is 39.0 Å². The van der Waals surface area contributed by atoms with Gasteiger partial charge in [-0.05, 0) is 62.6 Å². The van der Waals surface area contributed by atoms with E-state index in [0.29, 0.717) is 30.2 Å². The van der Waals surface area contributed by atoms with E-state index in [4.69, 9.17) is 0 Å². The van der Waals surface area contributed by atoms with E-state index in [9.17, 15) is 9.18 Å². The summed E-state index contributed by atoms with van der Waals surface area (Å²) in [6, 6.07) is 12.6. The molecule has 0 saturated heterocycles. The van der Waals surface area contributed by atoms with Crippen LogP contribution >= 0.6 is 24.0 Å². The van der Waals surface area contributed by atoms with Crippen LogP contribution in [-0.4, -0.2) is 25.0 Å². The monoisotopic (exact) mass is 512 g/mol. The van der Waals surface area contributed by atoms with Crippen molar-refractivity contribution in [2.75, 3.05) is 13.1 Å². The maximum Gasteiger partial charge on any atom is 0.251 e. The molecule has 158 valence electrons. The average molecular weight is 512 g/mol. The number of amides is 1. The van der Waals surface area contributed by atoms with Crippen molar-refractivity contribution in [3.8, 4) is 0 Å². The molecular weight excluding hydrogens is 482 g/mol. The van der Waals surface area contributed by atoms with Crippen molar-refractivity contribution in [3.05, 3.63) is 70.5 Å². The van der Waals surface area contributed by atoms with Gasteiger partial charge in [-0.25, -0.2) is 9.38 Å². The Morgan fingerprint density at radius 2 is 1.72 bits per heavy atom. The number of halogens is 2. The number of aryl methyl sites for hydroxylation is 1. The molecule has 0 bridgehead atoms. The van der Waals surface area contributed by atoms with Crippen LogP contribution in [0.2, 0.25) is 0 Å². The summed E-state index contributed by atoms with van der Waals surface area (Å²) in [6.45, 7) is 9.40. The summed E-state index contributed by atoms with van der Waals surface area (Å²) in [5, 5.41) is 9.29. The molecule has 1 amide bonds. The third-order valence-electron chi connectivity index (χ3n) is 4.37. The Morgan fingerprint density at radius 1 is 1.07 bits per heavy atom. The second-order valence-corrected chi connectivity index (χ2v) is 6.63. The summed E-state index contributed by atoms with van der Waals surface area (Å²) in [4.78, 5) is 16.4. The number of aliphatic imine (C=N–C) groups is 1. The summed E-state index contributed by atoms with van der Waals surface area (Å²) in [6.07, 6.45) is 0. The molecule has 0 radical (unpaired) electrons. The Balaban J connectivity index is 0.00000420. The average Bonchev–Trinajstić information content (AvgIpc) is 2.69. The van der Waals surface area contributed by atoms with Gasteiger partial charge in [0.15, 0.2) is 5.96 Å². The van der Waals surface area contributed by atoms with Gasteiger partial charge in [0.2, 0.25) is 0 Å². The Hall–Kier alpha value is -2.16. The molecule has 2 rings (SSSR count). The van der Waals surface area contributed by atoms with Gasteiger partial charge in [-0.15, -0.1) is 24.0 Å². The van der Waals surface area contributed by atoms with Crippen LogP contribution in [0.4, 0.5) is 4.39 Å². The third-order valence-corrected chi connectivity index (χ3v) is 4.37. The minimum atomic E-state index is -0.208. The molecule has 2 aromatic carbocycles. The van der Waals surface area contributed by atoms with E-state index in [-0.39, 0.29) is 41.7 Å². The number of carbonyl (C=O) groups is 1. The molecule has 0 heterocycles. The number of guanidine groups is 1. The third kappa shape index (κ3) is 7.64. The molecule has 7 heteroatoms. The summed E-state index contributed by atoms with van der Waals surface area (Å²) in [5.74, 6) is 0.371. The molecular formula is C22H30FIN4O. The number of nitrogens with one attached hydrogen (secondary N) is 3. The number of rotatable bonds is 7. The van der Waals surface area contributed by atoms with Crippen molar-refractivity contribution in [3.63, 3.8) is 0 Å². The van der Waals surface area contributed by atoms with Crippen LogP contribution in [0.3, 0.4) is 0 Å². The first kappa shape index (κ1) is 24.9. The predicted octanol–water partition coefficient (Wildman–Crippen LogP) is 4.32. The van der Waals surface area contributed by atoms with Gasteiger partial charge in [0.1, 0.15) is 5.82 Å². The van der Waals surface area contributed by atoms with Gasteiger partial charge in [-0.1, -0.05) is 24.3 Å². The van der Waals surface area contributed by atoms with E-state index in [1.54, 1.807) is 31.2 Å². The normalized spacial score (nSPS) is 12.0. The number of hydrogen-bond acceptors (Lipinski definition) is 2. The molecule has 5 nitrogen and oxygen atoms in total. The first-order valence-electron chi connectivity index (χ1n) is 9.62. The lowest BCUT2D eigenvalue weighted by Gasteiger charge is -2.18. The lowest BCUT2D eigenvalue weighted by molar-refractivity contribution is 0.0956. The summed E-state index contributed by atoms with van der Waals surface area (Å²) in [5.41, 5.74) is 3.13. The smallest absolute Gasteiger partial charge is 0.251 e. The van der Waals surface area contributed by atoms with E-state index in [1.165, 1.54) is 0 Å². The molecule has 29 heavy (non-hydrogen) atoms. The minimum absolute atomic E-state index is 0. The van der Waals surface area contributed by atoms with Crippen molar-refractivity contribution < 1.29 is 9.18 Å². The maximum absolute atomic E-state index is 13.8. The maximum atomic E-state index is 13.8. The van der Waals surface area contributed by atoms with Gasteiger partial charge in [0, 0.05) is 18.7 Å². The standard InChI is InChI=1S/C22H29FN4O.HI/c1-5-24-21(28)18-11-8-17(9-12-18)14-26-22(25-6-2)27-16(4)19-10-7-15(3)20(23)13-19;/h7-13,16H,5-6,14H2,1-4H3,(H,24,28)(H2,25,26,27);1H. The van der Waals surface area contributed by atoms with Crippen molar-refractivity contribution >= 4 is 35.8 Å². The molecule has 0 aromatic heterocycles. The van der Waals surface area contributed by atoms with Crippen LogP contribution in [0.1, 0.15) is 53.9 Å². The van der Waals surface area contributed by atoms with Gasteiger partial charge in [-0.2, -0.15) is 0 Å². The van der Waals surface area contributed by atoms with Gasteiger partial charge in [0.25, 0.3) is 5.91 Å². The molecule has 0 aliphatic rings. The molecule has 1 unspecified atom stereocenters. The zero-order valence-corrected chi connectivity index (χ0v) is 19.7. The highest BCUT2D eigenvalue weighted by Gasteiger charge is 2.10. The quantitative estimate of drug-likeness (QED) is 0.294. The molecule has 3 N–H and O–H groups in total. The van der Waals surface area contributed by atoms with Crippen molar-refractivity contribution in [1.29, 1.82) is 0 Å². The van der Waals surface area contributed by atoms with Gasteiger partial charge >= 0.3 is 0 Å². The summed E-state index contributed by atoms with van der Waals surface area (Å²) >= 11 is 0. The van der Waals surface area contributed by atoms with Crippen molar-refractivity contribution in [1.82, 2.24) is 16.0 Å².